The molecule has 1 fully saturated rings. The van der Waals surface area contributed by atoms with Crippen LogP contribution in [0.1, 0.15) is 10.4 Å². The summed E-state index contributed by atoms with van der Waals surface area (Å²) in [6.07, 6.45) is 0.813. The minimum Gasteiger partial charge on any atom is -0.388 e. The number of ether oxygens (including phenoxy) is 3. The third-order valence-corrected chi connectivity index (χ3v) is 5.03. The van der Waals surface area contributed by atoms with Gasteiger partial charge in [0.05, 0.1) is 13.2 Å². The van der Waals surface area contributed by atoms with E-state index in [0.717, 1.165) is 6.42 Å². The van der Waals surface area contributed by atoms with Gasteiger partial charge in [-0.05, 0) is 43.5 Å². The second kappa shape index (κ2) is 7.71. The molecule has 8 heteroatoms. The largest absolute Gasteiger partial charge is 0.422 e. The van der Waals surface area contributed by atoms with E-state index < -0.39 is 17.9 Å². The number of carbonyl (C=O) groups excluding carboxylic acids is 2. The molecule has 1 aromatic carbocycles. The first-order valence-electron chi connectivity index (χ1n) is 8.29. The van der Waals surface area contributed by atoms with E-state index in [1.54, 1.807) is 23.3 Å². The van der Waals surface area contributed by atoms with Gasteiger partial charge in [-0.25, -0.2) is 9.59 Å². The minimum absolute atomic E-state index is 0.137. The number of hydrogen-bond acceptors (Lipinski definition) is 8. The van der Waals surface area contributed by atoms with Crippen LogP contribution in [0.15, 0.2) is 24.3 Å². The van der Waals surface area contributed by atoms with Gasteiger partial charge in [-0.3, -0.25) is 4.90 Å². The number of rotatable bonds is 8. The van der Waals surface area contributed by atoms with Crippen LogP contribution in [0.5, 0.6) is 0 Å². The van der Waals surface area contributed by atoms with Crippen LogP contribution in [-0.2, 0) is 30.2 Å². The number of benzene rings is 1. The highest BCUT2D eigenvalue weighted by Gasteiger charge is 2.48. The van der Waals surface area contributed by atoms with Gasteiger partial charge in [0.25, 0.3) is 0 Å². The molecule has 0 aliphatic carbocycles. The number of carbonyl (C=O) groups is 2. The fourth-order valence-electron chi connectivity index (χ4n) is 2.77. The second-order valence-electron chi connectivity index (χ2n) is 6.32. The van der Waals surface area contributed by atoms with Crippen LogP contribution in [0.25, 0.3) is 10.1 Å². The van der Waals surface area contributed by atoms with Gasteiger partial charge in [-0.1, -0.05) is 12.1 Å². The Kier molecular flexibility index (Phi) is 5.57. The summed E-state index contributed by atoms with van der Waals surface area (Å²) in [6.45, 7) is 3.47. The molecular weight excluding hydrogens is 358 g/mol. The van der Waals surface area contributed by atoms with Crippen molar-refractivity contribution in [1.82, 2.24) is 4.90 Å². The van der Waals surface area contributed by atoms with Crippen molar-refractivity contribution in [1.29, 1.82) is 0 Å². The lowest BCUT2D eigenvalue weighted by Crippen LogP contribution is -2.43. The quantitative estimate of drug-likeness (QED) is 0.422. The Morgan fingerprint density at radius 2 is 1.92 bits per heavy atom. The normalized spacial score (nSPS) is 16.3. The molecule has 3 rings (SSSR count). The Bertz CT molecular complexity index is 801. The molecule has 2 aromatic rings. The Hall–Kier alpha value is -2.00. The molecule has 0 unspecified atom stereocenters. The molecule has 2 heterocycles. The molecule has 1 N–H and O–H groups in total. The van der Waals surface area contributed by atoms with Crippen molar-refractivity contribution in [2.75, 3.05) is 33.4 Å². The molecule has 0 radical (unpaired) electrons. The van der Waals surface area contributed by atoms with E-state index in [1.165, 1.54) is 20.5 Å². The summed E-state index contributed by atoms with van der Waals surface area (Å²) in [5.41, 5.74) is 1.22. The standard InChI is InChI=1S/C18H21NO6S/c1-12-9-14-10-13(3-4-15(14)26-12)5-7-23-8-6-19(2)11-18(22)24-16(20)17(21)25-18/h3-4,9-10,22H,5-8,11H2,1-2H3. The lowest BCUT2D eigenvalue weighted by molar-refractivity contribution is -0.296. The van der Waals surface area contributed by atoms with Gasteiger partial charge < -0.3 is 19.3 Å². The number of esters is 2. The lowest BCUT2D eigenvalue weighted by atomic mass is 10.1. The second-order valence-corrected chi connectivity index (χ2v) is 7.61. The molecule has 1 aliphatic heterocycles. The van der Waals surface area contributed by atoms with Crippen molar-refractivity contribution >= 4 is 33.4 Å². The molecule has 0 amide bonds. The number of aliphatic hydroxyl groups is 1. The summed E-state index contributed by atoms with van der Waals surface area (Å²) in [7, 11) is 1.70. The van der Waals surface area contributed by atoms with E-state index in [2.05, 4.69) is 40.7 Å². The molecule has 140 valence electrons. The van der Waals surface area contributed by atoms with Crippen molar-refractivity contribution < 1.29 is 28.9 Å². The number of thiophene rings is 1. The fourth-order valence-corrected chi connectivity index (χ4v) is 3.68. The number of likely N-dealkylation sites (N-methyl/N-ethyl adjacent to an activating group) is 1. The van der Waals surface area contributed by atoms with E-state index in [4.69, 9.17) is 4.74 Å². The Morgan fingerprint density at radius 3 is 2.65 bits per heavy atom. The van der Waals surface area contributed by atoms with Gasteiger partial charge in [0.15, 0.2) is 0 Å². The van der Waals surface area contributed by atoms with E-state index >= 15 is 0 Å². The van der Waals surface area contributed by atoms with Crippen LogP contribution in [-0.4, -0.2) is 61.3 Å². The molecule has 0 atom stereocenters. The first-order chi connectivity index (χ1) is 12.3. The van der Waals surface area contributed by atoms with E-state index in [-0.39, 0.29) is 6.54 Å². The Morgan fingerprint density at radius 1 is 1.19 bits per heavy atom. The molecular formula is C18H21NO6S. The molecule has 0 bridgehead atoms. The van der Waals surface area contributed by atoms with Crippen LogP contribution in [0.3, 0.4) is 0 Å². The molecule has 7 nitrogen and oxygen atoms in total. The van der Waals surface area contributed by atoms with E-state index in [1.807, 2.05) is 0 Å². The highest BCUT2D eigenvalue weighted by atomic mass is 32.1. The molecule has 1 aliphatic rings. The van der Waals surface area contributed by atoms with Gasteiger partial charge in [0.2, 0.25) is 0 Å². The topological polar surface area (TPSA) is 85.3 Å². The molecule has 1 saturated heterocycles. The maximum absolute atomic E-state index is 11.0. The third kappa shape index (κ3) is 4.59. The molecule has 1 aromatic heterocycles. The molecule has 26 heavy (non-hydrogen) atoms. The first-order valence-corrected chi connectivity index (χ1v) is 9.10. The van der Waals surface area contributed by atoms with E-state index in [9.17, 15) is 14.7 Å². The monoisotopic (exact) mass is 379 g/mol. The number of fused-ring (bicyclic) bond motifs is 1. The molecule has 0 saturated carbocycles. The van der Waals surface area contributed by atoms with Crippen LogP contribution in [0.4, 0.5) is 0 Å². The Balaban J connectivity index is 1.37. The number of cyclic esters (lactones) is 2. The minimum atomic E-state index is -2.21. The van der Waals surface area contributed by atoms with Crippen molar-refractivity contribution in [3.63, 3.8) is 0 Å². The number of aryl methyl sites for hydroxylation is 1. The van der Waals surface area contributed by atoms with Crippen molar-refractivity contribution in [2.24, 2.45) is 0 Å². The highest BCUT2D eigenvalue weighted by molar-refractivity contribution is 7.19. The zero-order chi connectivity index (χ0) is 18.7. The lowest BCUT2D eigenvalue weighted by Gasteiger charge is -2.24. The van der Waals surface area contributed by atoms with Crippen molar-refractivity contribution in [3.05, 3.63) is 34.7 Å². The van der Waals surface area contributed by atoms with Crippen LogP contribution in [0, 0.1) is 6.92 Å². The zero-order valence-corrected chi connectivity index (χ0v) is 15.5. The van der Waals surface area contributed by atoms with Crippen LogP contribution >= 0.6 is 11.3 Å². The van der Waals surface area contributed by atoms with Crippen LogP contribution in [0.2, 0.25) is 0 Å². The van der Waals surface area contributed by atoms with Gasteiger partial charge in [-0.15, -0.1) is 11.3 Å². The predicted molar refractivity (Wildman–Crippen MR) is 95.7 cm³/mol. The summed E-state index contributed by atoms with van der Waals surface area (Å²) in [5.74, 6) is -4.58. The average Bonchev–Trinajstić information content (AvgIpc) is 3.04. The summed E-state index contributed by atoms with van der Waals surface area (Å²) < 4.78 is 16.0. The number of hydrogen-bond donors (Lipinski definition) is 1. The third-order valence-electron chi connectivity index (χ3n) is 4.00. The highest BCUT2D eigenvalue weighted by Crippen LogP contribution is 2.26. The maximum Gasteiger partial charge on any atom is 0.422 e. The van der Waals surface area contributed by atoms with Gasteiger partial charge in [0, 0.05) is 16.1 Å². The van der Waals surface area contributed by atoms with Gasteiger partial charge in [0.1, 0.15) is 6.54 Å². The molecule has 0 spiro atoms. The predicted octanol–water partition coefficient (Wildman–Crippen LogP) is 1.45. The zero-order valence-electron chi connectivity index (χ0n) is 14.7. The van der Waals surface area contributed by atoms with E-state index in [0.29, 0.717) is 19.8 Å². The van der Waals surface area contributed by atoms with Crippen molar-refractivity contribution in [3.8, 4) is 0 Å². The Labute approximate surface area is 155 Å². The summed E-state index contributed by atoms with van der Waals surface area (Å²) in [4.78, 5) is 24.9. The summed E-state index contributed by atoms with van der Waals surface area (Å²) in [5, 5.41) is 11.1. The summed E-state index contributed by atoms with van der Waals surface area (Å²) in [6, 6.07) is 8.63. The fraction of sp³-hybridized carbons (Fsp3) is 0.444. The van der Waals surface area contributed by atoms with Gasteiger partial charge >= 0.3 is 17.9 Å². The average molecular weight is 379 g/mol. The SMILES string of the molecule is Cc1cc2cc(CCOCCN(C)CC3(O)OC(=O)C(=O)O3)ccc2s1. The van der Waals surface area contributed by atoms with Crippen molar-refractivity contribution in [2.45, 2.75) is 19.3 Å². The van der Waals surface area contributed by atoms with Crippen LogP contribution < -0.4 is 0 Å². The van der Waals surface area contributed by atoms with Gasteiger partial charge in [-0.2, -0.15) is 0 Å². The first kappa shape index (κ1) is 18.8. The number of nitrogens with zero attached hydrogens (tertiary/aromatic N) is 1. The summed E-state index contributed by atoms with van der Waals surface area (Å²) >= 11 is 1.79. The maximum atomic E-state index is 11.0. The smallest absolute Gasteiger partial charge is 0.388 e.